The van der Waals surface area contributed by atoms with Gasteiger partial charge in [-0.2, -0.15) is 5.10 Å². The molecule has 3 N–H and O–H groups in total. The highest BCUT2D eigenvalue weighted by atomic mass is 32.2. The predicted molar refractivity (Wildman–Crippen MR) is 74.7 cm³/mol. The molecule has 0 aliphatic carbocycles. The van der Waals surface area contributed by atoms with Crippen molar-refractivity contribution in [2.75, 3.05) is 5.73 Å². The molecule has 0 bridgehead atoms. The Morgan fingerprint density at radius 1 is 1.50 bits per heavy atom. The van der Waals surface area contributed by atoms with E-state index in [4.69, 9.17) is 5.73 Å². The van der Waals surface area contributed by atoms with Crippen LogP contribution in [0.25, 0.3) is 4.96 Å². The zero-order valence-electron chi connectivity index (χ0n) is 10.5. The molecular weight excluding hydrogens is 300 g/mol. The zero-order valence-corrected chi connectivity index (χ0v) is 12.1. The van der Waals surface area contributed by atoms with Crippen molar-refractivity contribution in [3.63, 3.8) is 0 Å². The summed E-state index contributed by atoms with van der Waals surface area (Å²) in [6.45, 7) is 0.135. The Morgan fingerprint density at radius 2 is 2.30 bits per heavy atom. The number of hydrogen-bond donors (Lipinski definition) is 2. The van der Waals surface area contributed by atoms with Gasteiger partial charge in [0.1, 0.15) is 0 Å². The molecule has 0 aliphatic rings. The molecule has 3 heterocycles. The highest BCUT2D eigenvalue weighted by Gasteiger charge is 2.24. The molecule has 0 saturated heterocycles. The fourth-order valence-electron chi connectivity index (χ4n) is 1.86. The average molecular weight is 312 g/mol. The maximum atomic E-state index is 12.4. The third-order valence-electron chi connectivity index (χ3n) is 2.86. The molecule has 106 valence electrons. The molecule has 0 atom stereocenters. The number of anilines is 1. The van der Waals surface area contributed by atoms with Crippen molar-refractivity contribution in [2.24, 2.45) is 7.05 Å². The molecule has 3 aromatic rings. The Kier molecular flexibility index (Phi) is 3.00. The van der Waals surface area contributed by atoms with Crippen molar-refractivity contribution < 1.29 is 8.42 Å². The summed E-state index contributed by atoms with van der Waals surface area (Å²) >= 11 is 1.32. The maximum absolute atomic E-state index is 12.4. The second-order valence-electron chi connectivity index (χ2n) is 4.13. The molecule has 3 rings (SSSR count). The van der Waals surface area contributed by atoms with Crippen LogP contribution >= 0.6 is 11.3 Å². The molecule has 0 aromatic carbocycles. The number of nitrogens with one attached hydrogen (secondary N) is 1. The average Bonchev–Trinajstić information content (AvgIpc) is 3.02. The lowest BCUT2D eigenvalue weighted by atomic mass is 10.4. The van der Waals surface area contributed by atoms with E-state index in [1.54, 1.807) is 35.6 Å². The lowest BCUT2D eigenvalue weighted by molar-refractivity contribution is 0.573. The summed E-state index contributed by atoms with van der Waals surface area (Å²) in [5.41, 5.74) is 6.45. The molecule has 0 spiro atoms. The summed E-state index contributed by atoms with van der Waals surface area (Å²) in [4.78, 5) is 4.57. The molecule has 0 radical (unpaired) electrons. The lowest BCUT2D eigenvalue weighted by Crippen LogP contribution is -2.26. The van der Waals surface area contributed by atoms with Crippen molar-refractivity contribution in [3.05, 3.63) is 29.5 Å². The minimum Gasteiger partial charge on any atom is -0.381 e. The first-order chi connectivity index (χ1) is 9.49. The quantitative estimate of drug-likeness (QED) is 0.715. The summed E-state index contributed by atoms with van der Waals surface area (Å²) in [5, 5.41) is 5.70. The van der Waals surface area contributed by atoms with Crippen molar-refractivity contribution in [1.82, 2.24) is 23.9 Å². The number of imidazole rings is 1. The zero-order chi connectivity index (χ0) is 14.3. The van der Waals surface area contributed by atoms with Gasteiger partial charge in [0, 0.05) is 24.8 Å². The van der Waals surface area contributed by atoms with Crippen LogP contribution in [0.1, 0.15) is 5.69 Å². The summed E-state index contributed by atoms with van der Waals surface area (Å²) in [5.74, 6) is -0.00523. The van der Waals surface area contributed by atoms with Gasteiger partial charge in [-0.25, -0.2) is 18.1 Å². The van der Waals surface area contributed by atoms with E-state index in [1.807, 2.05) is 0 Å². The van der Waals surface area contributed by atoms with E-state index in [0.29, 0.717) is 4.96 Å². The fraction of sp³-hybridized carbons (Fsp3) is 0.200. The van der Waals surface area contributed by atoms with E-state index >= 15 is 0 Å². The van der Waals surface area contributed by atoms with Crippen LogP contribution in [0.15, 0.2) is 28.9 Å². The monoisotopic (exact) mass is 312 g/mol. The van der Waals surface area contributed by atoms with E-state index in [2.05, 4.69) is 14.8 Å². The number of aryl methyl sites for hydroxylation is 1. The lowest BCUT2D eigenvalue weighted by Gasteiger charge is -2.06. The Bertz CT molecular complexity index is 859. The van der Waals surface area contributed by atoms with Gasteiger partial charge in [-0.1, -0.05) is 0 Å². The highest BCUT2D eigenvalue weighted by molar-refractivity contribution is 7.89. The molecule has 10 heteroatoms. The fourth-order valence-corrected chi connectivity index (χ4v) is 3.84. The molecule has 3 aromatic heterocycles. The van der Waals surface area contributed by atoms with E-state index in [0.717, 1.165) is 5.69 Å². The number of nitrogens with two attached hydrogens (primary N) is 1. The minimum atomic E-state index is -3.75. The van der Waals surface area contributed by atoms with Gasteiger partial charge in [0.05, 0.1) is 12.2 Å². The van der Waals surface area contributed by atoms with Gasteiger partial charge in [-0.05, 0) is 6.07 Å². The Hall–Kier alpha value is -1.91. The number of sulfonamides is 1. The van der Waals surface area contributed by atoms with Crippen LogP contribution < -0.4 is 10.5 Å². The third kappa shape index (κ3) is 2.07. The molecule has 8 nitrogen and oxygen atoms in total. The molecule has 0 amide bonds. The van der Waals surface area contributed by atoms with E-state index in [1.165, 1.54) is 15.7 Å². The van der Waals surface area contributed by atoms with Crippen LogP contribution in [-0.4, -0.2) is 27.6 Å². The van der Waals surface area contributed by atoms with Gasteiger partial charge < -0.3 is 5.73 Å². The molecule has 20 heavy (non-hydrogen) atoms. The van der Waals surface area contributed by atoms with Crippen LogP contribution in [0.3, 0.4) is 0 Å². The molecular formula is C10H12N6O2S2. The summed E-state index contributed by atoms with van der Waals surface area (Å²) in [6.07, 6.45) is 3.23. The number of thiazole rings is 1. The van der Waals surface area contributed by atoms with Gasteiger partial charge in [-0.3, -0.25) is 9.08 Å². The van der Waals surface area contributed by atoms with Gasteiger partial charge in [0.15, 0.2) is 15.8 Å². The number of hydrogen-bond acceptors (Lipinski definition) is 6. The summed E-state index contributed by atoms with van der Waals surface area (Å²) in [7, 11) is -2.00. The van der Waals surface area contributed by atoms with E-state index in [-0.39, 0.29) is 17.4 Å². The number of rotatable bonds is 4. The normalized spacial score (nSPS) is 12.2. The molecule has 0 unspecified atom stereocenters. The number of aromatic nitrogens is 4. The smallest absolute Gasteiger partial charge is 0.260 e. The van der Waals surface area contributed by atoms with Gasteiger partial charge in [0.2, 0.25) is 0 Å². The second kappa shape index (κ2) is 4.58. The maximum Gasteiger partial charge on any atom is 0.260 e. The number of fused-ring (bicyclic) bond motifs is 1. The first kappa shape index (κ1) is 13.1. The van der Waals surface area contributed by atoms with Crippen LogP contribution in [0, 0.1) is 0 Å². The highest BCUT2D eigenvalue weighted by Crippen LogP contribution is 2.23. The van der Waals surface area contributed by atoms with Crippen molar-refractivity contribution in [2.45, 2.75) is 11.6 Å². The minimum absolute atomic E-state index is 0.00523. The van der Waals surface area contributed by atoms with Gasteiger partial charge >= 0.3 is 0 Å². The van der Waals surface area contributed by atoms with E-state index in [9.17, 15) is 8.42 Å². The standard InChI is InChI=1S/C10H12N6O2S2/c1-15-7(2-3-12-15)6-13-20(17,18)9-8(11)14-10-16(9)4-5-19-10/h2-5,13H,6,11H2,1H3. The van der Waals surface area contributed by atoms with Crippen LogP contribution in [0.2, 0.25) is 0 Å². The van der Waals surface area contributed by atoms with E-state index < -0.39 is 10.0 Å². The summed E-state index contributed by atoms with van der Waals surface area (Å²) in [6, 6.07) is 1.74. The summed E-state index contributed by atoms with van der Waals surface area (Å²) < 4.78 is 30.3. The number of nitrogen functional groups attached to an aromatic ring is 1. The largest absolute Gasteiger partial charge is 0.381 e. The van der Waals surface area contributed by atoms with Gasteiger partial charge in [-0.15, -0.1) is 11.3 Å². The van der Waals surface area contributed by atoms with Crippen molar-refractivity contribution in [3.8, 4) is 0 Å². The molecule has 0 saturated carbocycles. The van der Waals surface area contributed by atoms with Crippen molar-refractivity contribution >= 4 is 32.1 Å². The van der Waals surface area contributed by atoms with Crippen LogP contribution in [-0.2, 0) is 23.6 Å². The molecule has 0 aliphatic heterocycles. The SMILES string of the molecule is Cn1nccc1CNS(=O)(=O)c1c(N)nc2sccn12. The Balaban J connectivity index is 1.94. The Morgan fingerprint density at radius 3 is 3.00 bits per heavy atom. The third-order valence-corrected chi connectivity index (χ3v) is 5.06. The first-order valence-electron chi connectivity index (χ1n) is 5.66. The van der Waals surface area contributed by atoms with Crippen LogP contribution in [0.5, 0.6) is 0 Å². The van der Waals surface area contributed by atoms with Gasteiger partial charge in [0.25, 0.3) is 10.0 Å². The first-order valence-corrected chi connectivity index (χ1v) is 8.03. The molecule has 0 fully saturated rings. The number of nitrogens with zero attached hydrogens (tertiary/aromatic N) is 4. The topological polar surface area (TPSA) is 107 Å². The predicted octanol–water partition coefficient (Wildman–Crippen LogP) is 0.190. The second-order valence-corrected chi connectivity index (χ2v) is 6.68. The Labute approximate surface area is 118 Å². The van der Waals surface area contributed by atoms with Crippen LogP contribution in [0.4, 0.5) is 5.82 Å². The van der Waals surface area contributed by atoms with Crippen molar-refractivity contribution in [1.29, 1.82) is 0 Å².